The summed E-state index contributed by atoms with van der Waals surface area (Å²) in [6.45, 7) is 6.16. The lowest BCUT2D eigenvalue weighted by Crippen LogP contribution is -2.42. The van der Waals surface area contributed by atoms with Crippen LogP contribution in [0.1, 0.15) is 39.5 Å². The summed E-state index contributed by atoms with van der Waals surface area (Å²) in [5, 5.41) is 5.78. The third-order valence-electron chi connectivity index (χ3n) is 2.67. The van der Waals surface area contributed by atoms with Gasteiger partial charge in [0, 0.05) is 19.2 Å². The summed E-state index contributed by atoms with van der Waals surface area (Å²) in [7, 11) is 0. The van der Waals surface area contributed by atoms with Crippen LogP contribution in [0, 0.1) is 5.92 Å². The fraction of sp³-hybridized carbons (Fsp3) is 0.917. The molecule has 94 valence electrons. The van der Waals surface area contributed by atoms with Crippen LogP contribution >= 0.6 is 0 Å². The Hall–Kier alpha value is -0.770. The number of rotatable bonds is 6. The van der Waals surface area contributed by atoms with Crippen molar-refractivity contribution in [1.82, 2.24) is 10.6 Å². The van der Waals surface area contributed by atoms with E-state index in [0.717, 1.165) is 19.4 Å². The second-order valence-electron chi connectivity index (χ2n) is 4.85. The number of urea groups is 1. The van der Waals surface area contributed by atoms with Gasteiger partial charge in [0.25, 0.3) is 0 Å². The summed E-state index contributed by atoms with van der Waals surface area (Å²) in [4.78, 5) is 11.4. The molecule has 0 aliphatic heterocycles. The molecule has 0 aromatic carbocycles. The first-order chi connectivity index (χ1) is 7.68. The maximum atomic E-state index is 11.4. The molecule has 1 rings (SSSR count). The van der Waals surface area contributed by atoms with Gasteiger partial charge in [0.05, 0.1) is 6.61 Å². The normalized spacial score (nSPS) is 16.7. The molecule has 0 bridgehead atoms. The second-order valence-corrected chi connectivity index (χ2v) is 4.85. The molecule has 0 heterocycles. The quantitative estimate of drug-likeness (QED) is 0.682. The van der Waals surface area contributed by atoms with Crippen LogP contribution in [-0.2, 0) is 4.74 Å². The molecule has 2 N–H and O–H groups in total. The Morgan fingerprint density at radius 3 is 2.69 bits per heavy atom. The van der Waals surface area contributed by atoms with Gasteiger partial charge in [-0.15, -0.1) is 0 Å². The van der Waals surface area contributed by atoms with Crippen LogP contribution in [0.2, 0.25) is 0 Å². The third-order valence-corrected chi connectivity index (χ3v) is 2.67. The zero-order chi connectivity index (χ0) is 11.8. The summed E-state index contributed by atoms with van der Waals surface area (Å²) in [5.74, 6) is 0.548. The summed E-state index contributed by atoms with van der Waals surface area (Å²) in [5.41, 5.74) is 0. The maximum Gasteiger partial charge on any atom is 0.315 e. The van der Waals surface area contributed by atoms with Gasteiger partial charge in [-0.3, -0.25) is 0 Å². The lowest BCUT2D eigenvalue weighted by molar-refractivity contribution is 0.112. The van der Waals surface area contributed by atoms with Crippen LogP contribution in [0.5, 0.6) is 0 Å². The molecule has 2 amide bonds. The zero-order valence-corrected chi connectivity index (χ0v) is 10.4. The maximum absolute atomic E-state index is 11.4. The van der Waals surface area contributed by atoms with E-state index in [1.165, 1.54) is 12.8 Å². The highest BCUT2D eigenvalue weighted by molar-refractivity contribution is 5.74. The molecular weight excluding hydrogens is 204 g/mol. The summed E-state index contributed by atoms with van der Waals surface area (Å²) >= 11 is 0. The average Bonchev–Trinajstić information content (AvgIpc) is 2.69. The predicted octanol–water partition coefficient (Wildman–Crippen LogP) is 1.90. The topological polar surface area (TPSA) is 50.4 Å². The van der Waals surface area contributed by atoms with Gasteiger partial charge in [-0.05, 0) is 18.8 Å². The van der Waals surface area contributed by atoms with Gasteiger partial charge in [-0.25, -0.2) is 4.79 Å². The standard InChI is InChI=1S/C12H24N2O2/c1-10(2)9-16-8-7-13-12(15)14-11-5-3-4-6-11/h10-11H,3-9H2,1-2H3,(H2,13,14,15). The lowest BCUT2D eigenvalue weighted by Gasteiger charge is -2.13. The number of carbonyl (C=O) groups is 1. The minimum Gasteiger partial charge on any atom is -0.379 e. The number of hydrogen-bond acceptors (Lipinski definition) is 2. The van der Waals surface area contributed by atoms with E-state index in [9.17, 15) is 4.79 Å². The second kappa shape index (κ2) is 7.49. The van der Waals surface area contributed by atoms with E-state index < -0.39 is 0 Å². The van der Waals surface area contributed by atoms with E-state index in [0.29, 0.717) is 25.1 Å². The van der Waals surface area contributed by atoms with E-state index in [1.54, 1.807) is 0 Å². The molecule has 1 saturated carbocycles. The van der Waals surface area contributed by atoms with Crippen LogP contribution in [0.4, 0.5) is 4.79 Å². The molecular formula is C12H24N2O2. The molecule has 4 heteroatoms. The van der Waals surface area contributed by atoms with E-state index in [4.69, 9.17) is 4.74 Å². The third kappa shape index (κ3) is 5.95. The number of carbonyl (C=O) groups excluding carboxylic acids is 1. The fourth-order valence-corrected chi connectivity index (χ4v) is 1.86. The van der Waals surface area contributed by atoms with Crippen molar-refractivity contribution in [1.29, 1.82) is 0 Å². The number of ether oxygens (including phenoxy) is 1. The van der Waals surface area contributed by atoms with Crippen molar-refractivity contribution in [2.24, 2.45) is 5.92 Å². The van der Waals surface area contributed by atoms with Gasteiger partial charge in [0.1, 0.15) is 0 Å². The Morgan fingerprint density at radius 1 is 1.38 bits per heavy atom. The average molecular weight is 228 g/mol. The number of amides is 2. The molecule has 4 nitrogen and oxygen atoms in total. The van der Waals surface area contributed by atoms with Crippen molar-refractivity contribution in [3.63, 3.8) is 0 Å². The van der Waals surface area contributed by atoms with Crippen molar-refractivity contribution >= 4 is 6.03 Å². The first-order valence-electron chi connectivity index (χ1n) is 6.30. The van der Waals surface area contributed by atoms with E-state index in [-0.39, 0.29) is 6.03 Å². The van der Waals surface area contributed by atoms with E-state index in [2.05, 4.69) is 24.5 Å². The fourth-order valence-electron chi connectivity index (χ4n) is 1.86. The number of hydrogen-bond donors (Lipinski definition) is 2. The molecule has 16 heavy (non-hydrogen) atoms. The molecule has 1 aliphatic carbocycles. The van der Waals surface area contributed by atoms with Gasteiger partial charge in [-0.1, -0.05) is 26.7 Å². The van der Waals surface area contributed by atoms with Gasteiger partial charge in [0.15, 0.2) is 0 Å². The Labute approximate surface area is 98.1 Å². The smallest absolute Gasteiger partial charge is 0.315 e. The number of nitrogens with one attached hydrogen (secondary N) is 2. The Morgan fingerprint density at radius 2 is 2.06 bits per heavy atom. The van der Waals surface area contributed by atoms with Crippen molar-refractivity contribution in [2.75, 3.05) is 19.8 Å². The first kappa shape index (κ1) is 13.3. The first-order valence-corrected chi connectivity index (χ1v) is 6.30. The highest BCUT2D eigenvalue weighted by atomic mass is 16.5. The van der Waals surface area contributed by atoms with Crippen LogP contribution in [0.15, 0.2) is 0 Å². The van der Waals surface area contributed by atoms with Crippen LogP contribution in [0.25, 0.3) is 0 Å². The van der Waals surface area contributed by atoms with E-state index >= 15 is 0 Å². The molecule has 1 aliphatic rings. The molecule has 0 saturated heterocycles. The van der Waals surface area contributed by atoms with Crippen LogP contribution in [0.3, 0.4) is 0 Å². The minimum atomic E-state index is -0.0555. The molecule has 0 unspecified atom stereocenters. The van der Waals surface area contributed by atoms with Gasteiger partial charge in [0.2, 0.25) is 0 Å². The summed E-state index contributed by atoms with van der Waals surface area (Å²) in [6, 6.07) is 0.330. The minimum absolute atomic E-state index is 0.0555. The predicted molar refractivity (Wildman–Crippen MR) is 64.4 cm³/mol. The van der Waals surface area contributed by atoms with Gasteiger partial charge >= 0.3 is 6.03 Å². The van der Waals surface area contributed by atoms with Crippen LogP contribution < -0.4 is 10.6 Å². The lowest BCUT2D eigenvalue weighted by atomic mass is 10.2. The Balaban J connectivity index is 1.93. The zero-order valence-electron chi connectivity index (χ0n) is 10.4. The highest BCUT2D eigenvalue weighted by Crippen LogP contribution is 2.17. The van der Waals surface area contributed by atoms with E-state index in [1.807, 2.05) is 0 Å². The molecule has 0 atom stereocenters. The van der Waals surface area contributed by atoms with Gasteiger partial charge < -0.3 is 15.4 Å². The SMILES string of the molecule is CC(C)COCCNC(=O)NC1CCCC1. The van der Waals surface area contributed by atoms with Crippen molar-refractivity contribution in [3.8, 4) is 0 Å². The molecule has 0 aromatic heterocycles. The molecule has 0 aromatic rings. The van der Waals surface area contributed by atoms with Crippen molar-refractivity contribution < 1.29 is 9.53 Å². The molecule has 1 fully saturated rings. The van der Waals surface area contributed by atoms with Crippen LogP contribution in [-0.4, -0.2) is 31.8 Å². The monoisotopic (exact) mass is 228 g/mol. The Bertz CT molecular complexity index is 201. The Kier molecular flexibility index (Phi) is 6.23. The van der Waals surface area contributed by atoms with Crippen molar-refractivity contribution in [2.45, 2.75) is 45.6 Å². The summed E-state index contributed by atoms with van der Waals surface area (Å²) < 4.78 is 5.37. The highest BCUT2D eigenvalue weighted by Gasteiger charge is 2.16. The largest absolute Gasteiger partial charge is 0.379 e. The van der Waals surface area contributed by atoms with Gasteiger partial charge in [-0.2, -0.15) is 0 Å². The summed E-state index contributed by atoms with van der Waals surface area (Å²) in [6.07, 6.45) is 4.72. The molecule has 0 radical (unpaired) electrons. The van der Waals surface area contributed by atoms with Crippen molar-refractivity contribution in [3.05, 3.63) is 0 Å². The molecule has 0 spiro atoms.